The number of hydrogen-bond acceptors (Lipinski definition) is 3. The molecular weight excluding hydrogens is 437 g/mol. The SMILES string of the molecule is COc1cc(-n2cccc2)c(Cl)cc1C(=O)Nc1ccc(Cl)cc1C(=O)N1CCCC1. The van der Waals surface area contributed by atoms with Gasteiger partial charge >= 0.3 is 0 Å². The van der Waals surface area contributed by atoms with Crippen LogP contribution < -0.4 is 10.1 Å². The van der Waals surface area contributed by atoms with Crippen LogP contribution in [0.4, 0.5) is 5.69 Å². The minimum Gasteiger partial charge on any atom is -0.496 e. The number of hydrogen-bond donors (Lipinski definition) is 1. The fraction of sp³-hybridized carbons (Fsp3) is 0.217. The Morgan fingerprint density at radius 1 is 1.00 bits per heavy atom. The molecule has 31 heavy (non-hydrogen) atoms. The molecule has 8 heteroatoms. The average molecular weight is 458 g/mol. The van der Waals surface area contributed by atoms with Gasteiger partial charge in [0.25, 0.3) is 11.8 Å². The maximum absolute atomic E-state index is 13.1. The number of methoxy groups -OCH3 is 1. The first kappa shape index (κ1) is 21.3. The second kappa shape index (κ2) is 9.04. The van der Waals surface area contributed by atoms with E-state index in [-0.39, 0.29) is 11.5 Å². The number of amides is 2. The molecule has 4 rings (SSSR count). The van der Waals surface area contributed by atoms with Gasteiger partial charge in [-0.1, -0.05) is 23.2 Å². The maximum atomic E-state index is 13.1. The Morgan fingerprint density at radius 2 is 1.71 bits per heavy atom. The quantitative estimate of drug-likeness (QED) is 0.566. The molecule has 0 atom stereocenters. The lowest BCUT2D eigenvalue weighted by Crippen LogP contribution is -2.29. The second-order valence-electron chi connectivity index (χ2n) is 7.24. The van der Waals surface area contributed by atoms with Crippen molar-refractivity contribution in [1.29, 1.82) is 0 Å². The van der Waals surface area contributed by atoms with Crippen LogP contribution in [0.5, 0.6) is 5.75 Å². The molecule has 2 amide bonds. The first-order valence-corrected chi connectivity index (χ1v) is 10.6. The first-order chi connectivity index (χ1) is 15.0. The molecule has 6 nitrogen and oxygen atoms in total. The molecule has 2 aromatic carbocycles. The number of halogens is 2. The molecule has 3 aromatic rings. The number of aromatic nitrogens is 1. The molecule has 2 heterocycles. The Bertz CT molecular complexity index is 1120. The molecule has 1 N–H and O–H groups in total. The molecule has 0 bridgehead atoms. The third-order valence-electron chi connectivity index (χ3n) is 5.25. The monoisotopic (exact) mass is 457 g/mol. The van der Waals surface area contributed by atoms with E-state index in [1.54, 1.807) is 35.2 Å². The summed E-state index contributed by atoms with van der Waals surface area (Å²) in [5, 5.41) is 3.65. The summed E-state index contributed by atoms with van der Waals surface area (Å²) in [6.45, 7) is 1.39. The molecule has 1 aliphatic heterocycles. The van der Waals surface area contributed by atoms with Crippen molar-refractivity contribution >= 4 is 40.7 Å². The van der Waals surface area contributed by atoms with Crippen molar-refractivity contribution in [3.8, 4) is 11.4 Å². The van der Waals surface area contributed by atoms with Crippen LogP contribution in [0, 0.1) is 0 Å². The van der Waals surface area contributed by atoms with Gasteiger partial charge in [0.2, 0.25) is 0 Å². The summed E-state index contributed by atoms with van der Waals surface area (Å²) in [5.74, 6) is -0.217. The summed E-state index contributed by atoms with van der Waals surface area (Å²) >= 11 is 12.6. The number of rotatable bonds is 5. The Balaban J connectivity index is 1.66. The molecule has 160 valence electrons. The Labute approximate surface area is 190 Å². The van der Waals surface area contributed by atoms with Crippen LogP contribution in [0.15, 0.2) is 54.9 Å². The molecule has 1 saturated heterocycles. The molecule has 0 saturated carbocycles. The summed E-state index contributed by atoms with van der Waals surface area (Å²) in [7, 11) is 1.49. The lowest BCUT2D eigenvalue weighted by Gasteiger charge is -2.19. The van der Waals surface area contributed by atoms with Crippen LogP contribution in [0.2, 0.25) is 10.0 Å². The first-order valence-electron chi connectivity index (χ1n) is 9.89. The predicted octanol–water partition coefficient (Wildman–Crippen LogP) is 5.28. The lowest BCUT2D eigenvalue weighted by molar-refractivity contribution is 0.0794. The van der Waals surface area contributed by atoms with Crippen molar-refractivity contribution < 1.29 is 14.3 Å². The Hall–Kier alpha value is -2.96. The minimum absolute atomic E-state index is 0.150. The van der Waals surface area contributed by atoms with Gasteiger partial charge in [0.05, 0.1) is 34.6 Å². The highest BCUT2D eigenvalue weighted by Gasteiger charge is 2.24. The van der Waals surface area contributed by atoms with Crippen LogP contribution in [-0.4, -0.2) is 41.5 Å². The zero-order chi connectivity index (χ0) is 22.0. The smallest absolute Gasteiger partial charge is 0.259 e. The topological polar surface area (TPSA) is 63.6 Å². The third kappa shape index (κ3) is 4.40. The summed E-state index contributed by atoms with van der Waals surface area (Å²) in [6.07, 6.45) is 5.64. The molecule has 0 unspecified atom stereocenters. The van der Waals surface area contributed by atoms with Crippen molar-refractivity contribution in [3.05, 3.63) is 76.0 Å². The molecule has 0 radical (unpaired) electrons. The van der Waals surface area contributed by atoms with Gasteiger partial charge in [0.1, 0.15) is 5.75 Å². The van der Waals surface area contributed by atoms with E-state index in [0.717, 1.165) is 12.8 Å². The fourth-order valence-corrected chi connectivity index (χ4v) is 4.10. The van der Waals surface area contributed by atoms with Crippen molar-refractivity contribution in [1.82, 2.24) is 9.47 Å². The Morgan fingerprint density at radius 3 is 2.39 bits per heavy atom. The van der Waals surface area contributed by atoms with Crippen LogP contribution in [0.3, 0.4) is 0 Å². The van der Waals surface area contributed by atoms with E-state index < -0.39 is 5.91 Å². The Kier molecular flexibility index (Phi) is 6.20. The summed E-state index contributed by atoms with van der Waals surface area (Å²) in [5.41, 5.74) is 1.70. The van der Waals surface area contributed by atoms with Gasteiger partial charge in [-0.3, -0.25) is 9.59 Å². The lowest BCUT2D eigenvalue weighted by atomic mass is 10.1. The maximum Gasteiger partial charge on any atom is 0.259 e. The van der Waals surface area contributed by atoms with E-state index in [0.29, 0.717) is 45.8 Å². The van der Waals surface area contributed by atoms with E-state index in [4.69, 9.17) is 27.9 Å². The molecular formula is C23H21Cl2N3O3. The van der Waals surface area contributed by atoms with Crippen molar-refractivity contribution in [2.75, 3.05) is 25.5 Å². The van der Waals surface area contributed by atoms with Crippen LogP contribution in [0.25, 0.3) is 5.69 Å². The predicted molar refractivity (Wildman–Crippen MR) is 122 cm³/mol. The fourth-order valence-electron chi connectivity index (χ4n) is 3.66. The third-order valence-corrected chi connectivity index (χ3v) is 5.79. The van der Waals surface area contributed by atoms with E-state index in [1.807, 2.05) is 29.1 Å². The van der Waals surface area contributed by atoms with Gasteiger partial charge in [0, 0.05) is 36.6 Å². The number of ether oxygens (including phenoxy) is 1. The van der Waals surface area contributed by atoms with E-state index in [9.17, 15) is 9.59 Å². The number of anilines is 1. The largest absolute Gasteiger partial charge is 0.496 e. The molecule has 0 aliphatic carbocycles. The highest BCUT2D eigenvalue weighted by molar-refractivity contribution is 6.33. The van der Waals surface area contributed by atoms with Crippen molar-refractivity contribution in [3.63, 3.8) is 0 Å². The van der Waals surface area contributed by atoms with Crippen LogP contribution in [-0.2, 0) is 0 Å². The van der Waals surface area contributed by atoms with Gasteiger partial charge in [-0.15, -0.1) is 0 Å². The van der Waals surface area contributed by atoms with Gasteiger partial charge < -0.3 is 19.5 Å². The number of carbonyl (C=O) groups is 2. The van der Waals surface area contributed by atoms with Gasteiger partial charge in [-0.25, -0.2) is 0 Å². The van der Waals surface area contributed by atoms with E-state index >= 15 is 0 Å². The number of likely N-dealkylation sites (tertiary alicyclic amines) is 1. The van der Waals surface area contributed by atoms with Gasteiger partial charge in [0.15, 0.2) is 0 Å². The van der Waals surface area contributed by atoms with Crippen molar-refractivity contribution in [2.45, 2.75) is 12.8 Å². The molecule has 0 spiro atoms. The zero-order valence-electron chi connectivity index (χ0n) is 16.9. The number of nitrogens with zero attached hydrogens (tertiary/aromatic N) is 2. The molecule has 1 aliphatic rings. The minimum atomic E-state index is -0.435. The molecule has 1 aromatic heterocycles. The average Bonchev–Trinajstić information content (AvgIpc) is 3.48. The normalized spacial score (nSPS) is 13.3. The summed E-state index contributed by atoms with van der Waals surface area (Å²) < 4.78 is 7.28. The van der Waals surface area contributed by atoms with E-state index in [2.05, 4.69) is 5.32 Å². The number of nitrogens with one attached hydrogen (secondary N) is 1. The van der Waals surface area contributed by atoms with Crippen LogP contribution in [0.1, 0.15) is 33.6 Å². The standard InChI is InChI=1S/C23H21Cl2N3O3/c1-31-21-14-20(27-8-2-3-9-27)18(25)13-17(21)22(29)26-19-7-6-15(24)12-16(19)23(30)28-10-4-5-11-28/h2-3,6-9,12-14H,4-5,10-11H2,1H3,(H,26,29). The van der Waals surface area contributed by atoms with E-state index in [1.165, 1.54) is 7.11 Å². The van der Waals surface area contributed by atoms with Gasteiger partial charge in [-0.2, -0.15) is 0 Å². The summed E-state index contributed by atoms with van der Waals surface area (Å²) in [6, 6.07) is 11.9. The number of benzene rings is 2. The highest BCUT2D eigenvalue weighted by atomic mass is 35.5. The second-order valence-corrected chi connectivity index (χ2v) is 8.08. The van der Waals surface area contributed by atoms with Gasteiger partial charge in [-0.05, 0) is 49.2 Å². The molecule has 1 fully saturated rings. The van der Waals surface area contributed by atoms with Crippen LogP contribution >= 0.6 is 23.2 Å². The van der Waals surface area contributed by atoms with Crippen molar-refractivity contribution in [2.24, 2.45) is 0 Å². The number of carbonyl (C=O) groups excluding carboxylic acids is 2. The summed E-state index contributed by atoms with van der Waals surface area (Å²) in [4.78, 5) is 27.8. The zero-order valence-corrected chi connectivity index (χ0v) is 18.4. The highest BCUT2D eigenvalue weighted by Crippen LogP contribution is 2.31.